The monoisotopic (exact) mass is 389 g/mol. The summed E-state index contributed by atoms with van der Waals surface area (Å²) in [5.41, 5.74) is 2.52. The van der Waals surface area contributed by atoms with Crippen LogP contribution in [0, 0.1) is 0 Å². The van der Waals surface area contributed by atoms with E-state index < -0.39 is 6.03 Å². The fraction of sp³-hybridized carbons (Fsp3) is 0.130. The zero-order valence-corrected chi connectivity index (χ0v) is 16.1. The predicted octanol–water partition coefficient (Wildman–Crippen LogP) is 3.72. The molecule has 0 spiro atoms. The summed E-state index contributed by atoms with van der Waals surface area (Å²) in [6, 6.07) is 25.5. The van der Waals surface area contributed by atoms with E-state index >= 15 is 0 Å². The standard InChI is InChI=1S/C23H23N3O3/c1-29-20-14-12-18(13-15-20)22(17-8-4-2-5-9-17)26-21(27)16-24-23(28)25-19-10-6-3-7-11-19/h2-15,22H,16H2,1H3,(H,26,27)(H2,24,25,28)/t22-/m1/s1. The quantitative estimate of drug-likeness (QED) is 0.576. The molecule has 0 saturated carbocycles. The number of rotatable bonds is 7. The summed E-state index contributed by atoms with van der Waals surface area (Å²) >= 11 is 0. The number of amides is 3. The minimum atomic E-state index is -0.438. The summed E-state index contributed by atoms with van der Waals surface area (Å²) in [6.45, 7) is -0.141. The van der Waals surface area contributed by atoms with E-state index in [1.807, 2.05) is 72.8 Å². The Hall–Kier alpha value is -3.80. The molecule has 3 rings (SSSR count). The number of carbonyl (C=O) groups excluding carboxylic acids is 2. The number of hydrogen-bond donors (Lipinski definition) is 3. The summed E-state index contributed by atoms with van der Waals surface area (Å²) in [6.07, 6.45) is 0. The van der Waals surface area contributed by atoms with Crippen LogP contribution in [-0.4, -0.2) is 25.6 Å². The third kappa shape index (κ3) is 5.84. The van der Waals surface area contributed by atoms with E-state index in [0.717, 1.165) is 16.9 Å². The molecule has 0 fully saturated rings. The van der Waals surface area contributed by atoms with Crippen LogP contribution in [0.25, 0.3) is 0 Å². The third-order valence-electron chi connectivity index (χ3n) is 4.33. The molecule has 6 nitrogen and oxygen atoms in total. The molecule has 0 saturated heterocycles. The van der Waals surface area contributed by atoms with E-state index in [-0.39, 0.29) is 18.5 Å². The molecule has 6 heteroatoms. The first-order valence-electron chi connectivity index (χ1n) is 9.24. The molecule has 0 aliphatic rings. The van der Waals surface area contributed by atoms with Gasteiger partial charge in [0.05, 0.1) is 19.7 Å². The maximum Gasteiger partial charge on any atom is 0.319 e. The maximum absolute atomic E-state index is 12.5. The number of carbonyl (C=O) groups is 2. The van der Waals surface area contributed by atoms with Crippen molar-refractivity contribution in [1.82, 2.24) is 10.6 Å². The van der Waals surface area contributed by atoms with Crippen LogP contribution in [0.15, 0.2) is 84.9 Å². The van der Waals surface area contributed by atoms with Crippen molar-refractivity contribution in [3.63, 3.8) is 0 Å². The second-order valence-corrected chi connectivity index (χ2v) is 6.36. The molecule has 0 radical (unpaired) electrons. The van der Waals surface area contributed by atoms with Gasteiger partial charge in [0.1, 0.15) is 5.75 Å². The lowest BCUT2D eigenvalue weighted by molar-refractivity contribution is -0.120. The van der Waals surface area contributed by atoms with Crippen LogP contribution in [0.1, 0.15) is 17.2 Å². The number of para-hydroxylation sites is 1. The smallest absolute Gasteiger partial charge is 0.319 e. The van der Waals surface area contributed by atoms with Crippen molar-refractivity contribution in [2.24, 2.45) is 0 Å². The summed E-state index contributed by atoms with van der Waals surface area (Å²) in [7, 11) is 1.61. The second-order valence-electron chi connectivity index (χ2n) is 6.36. The molecule has 3 aromatic carbocycles. The largest absolute Gasteiger partial charge is 0.497 e. The van der Waals surface area contributed by atoms with Gasteiger partial charge in [-0.1, -0.05) is 60.7 Å². The molecule has 148 valence electrons. The number of urea groups is 1. The van der Waals surface area contributed by atoms with Crippen LogP contribution < -0.4 is 20.7 Å². The van der Waals surface area contributed by atoms with Crippen LogP contribution >= 0.6 is 0 Å². The Kier molecular flexibility index (Phi) is 6.84. The van der Waals surface area contributed by atoms with E-state index in [2.05, 4.69) is 16.0 Å². The summed E-state index contributed by atoms with van der Waals surface area (Å²) in [4.78, 5) is 24.5. The minimum absolute atomic E-state index is 0.141. The highest BCUT2D eigenvalue weighted by Gasteiger charge is 2.17. The minimum Gasteiger partial charge on any atom is -0.497 e. The van der Waals surface area contributed by atoms with Crippen LogP contribution in [-0.2, 0) is 4.79 Å². The van der Waals surface area contributed by atoms with E-state index in [4.69, 9.17) is 4.74 Å². The Morgan fingerprint density at radius 1 is 0.828 bits per heavy atom. The fourth-order valence-electron chi connectivity index (χ4n) is 2.87. The van der Waals surface area contributed by atoms with Crippen molar-refractivity contribution in [1.29, 1.82) is 0 Å². The van der Waals surface area contributed by atoms with Crippen molar-refractivity contribution in [2.75, 3.05) is 19.0 Å². The molecule has 29 heavy (non-hydrogen) atoms. The van der Waals surface area contributed by atoms with Crippen LogP contribution in [0.2, 0.25) is 0 Å². The summed E-state index contributed by atoms with van der Waals surface area (Å²) in [5.74, 6) is 0.448. The van der Waals surface area contributed by atoms with Crippen molar-refractivity contribution in [3.05, 3.63) is 96.1 Å². The van der Waals surface area contributed by atoms with Crippen molar-refractivity contribution in [3.8, 4) is 5.75 Å². The first-order chi connectivity index (χ1) is 14.2. The molecule has 3 amide bonds. The Morgan fingerprint density at radius 3 is 2.03 bits per heavy atom. The van der Waals surface area contributed by atoms with Gasteiger partial charge in [0.2, 0.25) is 5.91 Å². The van der Waals surface area contributed by atoms with Crippen molar-refractivity contribution < 1.29 is 14.3 Å². The van der Waals surface area contributed by atoms with Crippen LogP contribution in [0.5, 0.6) is 5.75 Å². The van der Waals surface area contributed by atoms with Crippen molar-refractivity contribution >= 4 is 17.6 Å². The van der Waals surface area contributed by atoms with Crippen LogP contribution in [0.4, 0.5) is 10.5 Å². The van der Waals surface area contributed by atoms with Gasteiger partial charge in [-0.05, 0) is 35.4 Å². The third-order valence-corrected chi connectivity index (χ3v) is 4.33. The van der Waals surface area contributed by atoms with Crippen LogP contribution in [0.3, 0.4) is 0 Å². The number of hydrogen-bond acceptors (Lipinski definition) is 3. The molecular weight excluding hydrogens is 366 g/mol. The van der Waals surface area contributed by atoms with Gasteiger partial charge in [-0.15, -0.1) is 0 Å². The molecule has 0 aliphatic heterocycles. The maximum atomic E-state index is 12.5. The number of benzene rings is 3. The van der Waals surface area contributed by atoms with Gasteiger partial charge < -0.3 is 20.7 Å². The molecule has 0 aliphatic carbocycles. The van der Waals surface area contributed by atoms with Gasteiger partial charge in [-0.3, -0.25) is 4.79 Å². The lowest BCUT2D eigenvalue weighted by atomic mass is 9.98. The molecule has 0 bridgehead atoms. The number of methoxy groups -OCH3 is 1. The average Bonchev–Trinajstić information content (AvgIpc) is 2.77. The van der Waals surface area contributed by atoms with Gasteiger partial charge in [0.15, 0.2) is 0 Å². The fourth-order valence-corrected chi connectivity index (χ4v) is 2.87. The molecule has 3 aromatic rings. The number of anilines is 1. The van der Waals surface area contributed by atoms with E-state index in [1.165, 1.54) is 0 Å². The molecule has 3 N–H and O–H groups in total. The van der Waals surface area contributed by atoms with E-state index in [9.17, 15) is 9.59 Å². The Balaban J connectivity index is 1.64. The number of ether oxygens (including phenoxy) is 1. The lowest BCUT2D eigenvalue weighted by Crippen LogP contribution is -2.40. The normalized spacial score (nSPS) is 11.2. The topological polar surface area (TPSA) is 79.5 Å². The molecular formula is C23H23N3O3. The predicted molar refractivity (Wildman–Crippen MR) is 113 cm³/mol. The summed E-state index contributed by atoms with van der Waals surface area (Å²) < 4.78 is 5.21. The highest BCUT2D eigenvalue weighted by atomic mass is 16.5. The van der Waals surface area contributed by atoms with E-state index in [1.54, 1.807) is 19.2 Å². The van der Waals surface area contributed by atoms with Gasteiger partial charge in [0.25, 0.3) is 0 Å². The van der Waals surface area contributed by atoms with Gasteiger partial charge in [-0.2, -0.15) is 0 Å². The van der Waals surface area contributed by atoms with Gasteiger partial charge >= 0.3 is 6.03 Å². The average molecular weight is 389 g/mol. The lowest BCUT2D eigenvalue weighted by Gasteiger charge is -2.20. The first-order valence-corrected chi connectivity index (χ1v) is 9.24. The highest BCUT2D eigenvalue weighted by Crippen LogP contribution is 2.24. The summed E-state index contributed by atoms with van der Waals surface area (Å²) in [5, 5.41) is 8.24. The SMILES string of the molecule is COc1ccc([C@H](NC(=O)CNC(=O)Nc2ccccc2)c2ccccc2)cc1. The Morgan fingerprint density at radius 2 is 1.41 bits per heavy atom. The molecule has 0 aromatic heterocycles. The Bertz CT molecular complexity index is 929. The zero-order valence-electron chi connectivity index (χ0n) is 16.1. The first kappa shape index (κ1) is 19.9. The van der Waals surface area contributed by atoms with Crippen molar-refractivity contribution in [2.45, 2.75) is 6.04 Å². The highest BCUT2D eigenvalue weighted by molar-refractivity contribution is 5.92. The van der Waals surface area contributed by atoms with Gasteiger partial charge in [0, 0.05) is 5.69 Å². The zero-order chi connectivity index (χ0) is 20.5. The Labute approximate surface area is 169 Å². The van der Waals surface area contributed by atoms with Gasteiger partial charge in [-0.25, -0.2) is 4.79 Å². The second kappa shape index (κ2) is 9.94. The number of nitrogens with one attached hydrogen (secondary N) is 3. The molecule has 0 unspecified atom stereocenters. The molecule has 1 atom stereocenters. The molecule has 0 heterocycles. The van der Waals surface area contributed by atoms with E-state index in [0.29, 0.717) is 5.69 Å².